The van der Waals surface area contributed by atoms with Crippen molar-refractivity contribution in [3.63, 3.8) is 0 Å². The second kappa shape index (κ2) is 10.3. The molecule has 1 saturated heterocycles. The summed E-state index contributed by atoms with van der Waals surface area (Å²) in [5.41, 5.74) is 4.86. The van der Waals surface area contributed by atoms with E-state index in [-0.39, 0.29) is 16.5 Å². The molecule has 5 rings (SSSR count). The zero-order valence-corrected chi connectivity index (χ0v) is 20.4. The van der Waals surface area contributed by atoms with Gasteiger partial charge in [0.15, 0.2) is 0 Å². The molecule has 36 heavy (non-hydrogen) atoms. The summed E-state index contributed by atoms with van der Waals surface area (Å²) in [4.78, 5) is 30.7. The van der Waals surface area contributed by atoms with Crippen molar-refractivity contribution in [1.29, 1.82) is 0 Å². The maximum absolute atomic E-state index is 13.1. The van der Waals surface area contributed by atoms with Crippen LogP contribution < -0.4 is 14.5 Å². The Balaban J connectivity index is 1.31. The van der Waals surface area contributed by atoms with Crippen molar-refractivity contribution in [2.45, 2.75) is 19.9 Å². The first-order valence-electron chi connectivity index (χ1n) is 12.4. The number of nitrogens with zero attached hydrogens (tertiary/aromatic N) is 4. The van der Waals surface area contributed by atoms with Crippen LogP contribution in [0.1, 0.15) is 28.4 Å². The molecule has 0 saturated carbocycles. The Morgan fingerprint density at radius 1 is 0.917 bits per heavy atom. The number of carbonyl (C=O) groups is 1. The van der Waals surface area contributed by atoms with Gasteiger partial charge in [0.2, 0.25) is 0 Å². The van der Waals surface area contributed by atoms with E-state index >= 15 is 0 Å². The van der Waals surface area contributed by atoms with Crippen LogP contribution in [0.5, 0.6) is 5.75 Å². The van der Waals surface area contributed by atoms with Crippen LogP contribution in [0.15, 0.2) is 66.7 Å². The van der Waals surface area contributed by atoms with E-state index in [1.165, 1.54) is 11.1 Å². The summed E-state index contributed by atoms with van der Waals surface area (Å²) in [6.07, 6.45) is 0.864. The van der Waals surface area contributed by atoms with Crippen molar-refractivity contribution in [2.24, 2.45) is 0 Å². The number of nitro benzene ring substituents is 1. The molecule has 1 fully saturated rings. The van der Waals surface area contributed by atoms with Crippen LogP contribution in [0, 0.1) is 10.1 Å². The molecule has 0 aromatic heterocycles. The van der Waals surface area contributed by atoms with E-state index in [1.54, 1.807) is 12.1 Å². The van der Waals surface area contributed by atoms with Gasteiger partial charge < -0.3 is 19.4 Å². The van der Waals surface area contributed by atoms with Crippen LogP contribution in [0.4, 0.5) is 17.1 Å². The van der Waals surface area contributed by atoms with Crippen LogP contribution in [-0.4, -0.2) is 55.1 Å². The maximum atomic E-state index is 13.1. The number of ether oxygens (including phenoxy) is 1. The third kappa shape index (κ3) is 4.84. The standard InChI is InChI=1S/C28H30N4O4/c1-2-36-25-9-5-8-22(18-25)28(33)30-16-14-29(15-17-30)24-10-11-26(32(34)35)27(19-24)31-13-12-21-6-3-4-7-23(21)20-31/h3-11,18-19H,2,12-17,20H2,1H3. The lowest BCUT2D eigenvalue weighted by atomic mass is 9.99. The molecule has 186 valence electrons. The topological polar surface area (TPSA) is 79.2 Å². The van der Waals surface area contributed by atoms with Crippen molar-refractivity contribution >= 4 is 23.0 Å². The fourth-order valence-electron chi connectivity index (χ4n) is 5.05. The minimum absolute atomic E-state index is 0.00688. The van der Waals surface area contributed by atoms with Crippen molar-refractivity contribution in [2.75, 3.05) is 49.1 Å². The number of anilines is 2. The molecule has 2 aliphatic heterocycles. The molecule has 0 aliphatic carbocycles. The van der Waals surface area contributed by atoms with E-state index in [0.717, 1.165) is 18.7 Å². The minimum atomic E-state index is -0.299. The smallest absolute Gasteiger partial charge is 0.292 e. The summed E-state index contributed by atoms with van der Waals surface area (Å²) in [7, 11) is 0. The summed E-state index contributed by atoms with van der Waals surface area (Å²) in [5.74, 6) is 0.688. The predicted molar refractivity (Wildman–Crippen MR) is 140 cm³/mol. The minimum Gasteiger partial charge on any atom is -0.494 e. The van der Waals surface area contributed by atoms with Gasteiger partial charge in [0.05, 0.1) is 11.5 Å². The van der Waals surface area contributed by atoms with E-state index in [2.05, 4.69) is 21.9 Å². The Hall–Kier alpha value is -4.07. The average molecular weight is 487 g/mol. The summed E-state index contributed by atoms with van der Waals surface area (Å²) in [5, 5.41) is 11.8. The van der Waals surface area contributed by atoms with Crippen LogP contribution in [-0.2, 0) is 13.0 Å². The molecule has 0 N–H and O–H groups in total. The van der Waals surface area contributed by atoms with Gasteiger partial charge in [0.1, 0.15) is 11.4 Å². The van der Waals surface area contributed by atoms with Crippen molar-refractivity contribution < 1.29 is 14.5 Å². The van der Waals surface area contributed by atoms with Gasteiger partial charge in [-0.05, 0) is 54.8 Å². The first kappa shape index (κ1) is 23.7. The number of hydrogen-bond acceptors (Lipinski definition) is 6. The molecule has 8 nitrogen and oxygen atoms in total. The molecular weight excluding hydrogens is 456 g/mol. The number of benzene rings is 3. The molecule has 2 aliphatic rings. The van der Waals surface area contributed by atoms with Gasteiger partial charge in [-0.1, -0.05) is 30.3 Å². The number of piperazine rings is 1. The molecule has 0 atom stereocenters. The third-order valence-electron chi connectivity index (χ3n) is 6.95. The Kier molecular flexibility index (Phi) is 6.75. The lowest BCUT2D eigenvalue weighted by molar-refractivity contribution is -0.384. The fourth-order valence-corrected chi connectivity index (χ4v) is 5.05. The van der Waals surface area contributed by atoms with Crippen LogP contribution in [0.3, 0.4) is 0 Å². The second-order valence-corrected chi connectivity index (χ2v) is 9.11. The van der Waals surface area contributed by atoms with Gasteiger partial charge in [-0.15, -0.1) is 0 Å². The number of hydrogen-bond donors (Lipinski definition) is 0. The highest BCUT2D eigenvalue weighted by Gasteiger charge is 2.27. The summed E-state index contributed by atoms with van der Waals surface area (Å²) < 4.78 is 5.54. The molecule has 0 bridgehead atoms. The van der Waals surface area contributed by atoms with Crippen molar-refractivity contribution in [3.05, 3.63) is 93.5 Å². The van der Waals surface area contributed by atoms with Gasteiger partial charge in [0.25, 0.3) is 11.6 Å². The molecule has 3 aromatic rings. The lowest BCUT2D eigenvalue weighted by Crippen LogP contribution is -2.48. The first-order chi connectivity index (χ1) is 17.5. The normalized spacial score (nSPS) is 15.4. The number of carbonyl (C=O) groups excluding carboxylic acids is 1. The van der Waals surface area contributed by atoms with Gasteiger partial charge in [-0.3, -0.25) is 14.9 Å². The number of nitro groups is 1. The molecule has 2 heterocycles. The van der Waals surface area contributed by atoms with E-state index in [0.29, 0.717) is 56.3 Å². The highest BCUT2D eigenvalue weighted by atomic mass is 16.6. The average Bonchev–Trinajstić information content (AvgIpc) is 2.92. The van der Waals surface area contributed by atoms with Crippen LogP contribution in [0.2, 0.25) is 0 Å². The molecule has 1 amide bonds. The van der Waals surface area contributed by atoms with Gasteiger partial charge in [0, 0.05) is 56.6 Å². The lowest BCUT2D eigenvalue weighted by Gasteiger charge is -2.37. The first-order valence-corrected chi connectivity index (χ1v) is 12.4. The number of rotatable bonds is 6. The van der Waals surface area contributed by atoms with Gasteiger partial charge >= 0.3 is 0 Å². The zero-order valence-electron chi connectivity index (χ0n) is 20.4. The number of fused-ring (bicyclic) bond motifs is 1. The molecule has 3 aromatic carbocycles. The Labute approximate surface area is 210 Å². The second-order valence-electron chi connectivity index (χ2n) is 9.11. The van der Waals surface area contributed by atoms with E-state index in [9.17, 15) is 14.9 Å². The molecule has 8 heteroatoms. The molecule has 0 spiro atoms. The van der Waals surface area contributed by atoms with E-state index in [1.807, 2.05) is 54.3 Å². The highest BCUT2D eigenvalue weighted by molar-refractivity contribution is 5.94. The third-order valence-corrected chi connectivity index (χ3v) is 6.95. The van der Waals surface area contributed by atoms with E-state index in [4.69, 9.17) is 4.74 Å². The Morgan fingerprint density at radius 2 is 1.69 bits per heavy atom. The van der Waals surface area contributed by atoms with Crippen molar-refractivity contribution in [3.8, 4) is 5.75 Å². The summed E-state index contributed by atoms with van der Waals surface area (Å²) in [6, 6.07) is 21.0. The summed E-state index contributed by atoms with van der Waals surface area (Å²) >= 11 is 0. The SMILES string of the molecule is CCOc1cccc(C(=O)N2CCN(c3ccc([N+](=O)[O-])c(N4CCc5ccccc5C4)c3)CC2)c1. The van der Waals surface area contributed by atoms with Gasteiger partial charge in [-0.2, -0.15) is 0 Å². The molecule has 0 unspecified atom stereocenters. The largest absolute Gasteiger partial charge is 0.494 e. The number of amides is 1. The van der Waals surface area contributed by atoms with Crippen LogP contribution in [0.25, 0.3) is 0 Å². The Morgan fingerprint density at radius 3 is 2.44 bits per heavy atom. The Bertz CT molecular complexity index is 1270. The maximum Gasteiger partial charge on any atom is 0.292 e. The summed E-state index contributed by atoms with van der Waals surface area (Å²) in [6.45, 7) is 6.36. The quantitative estimate of drug-likeness (QED) is 0.377. The predicted octanol–water partition coefficient (Wildman–Crippen LogP) is 4.52. The van der Waals surface area contributed by atoms with E-state index < -0.39 is 0 Å². The monoisotopic (exact) mass is 486 g/mol. The zero-order chi connectivity index (χ0) is 25.1. The highest BCUT2D eigenvalue weighted by Crippen LogP contribution is 2.36. The van der Waals surface area contributed by atoms with Gasteiger partial charge in [-0.25, -0.2) is 0 Å². The molecular formula is C28H30N4O4. The van der Waals surface area contributed by atoms with Crippen LogP contribution >= 0.6 is 0 Å². The molecule has 0 radical (unpaired) electrons. The fraction of sp³-hybridized carbons (Fsp3) is 0.321. The van der Waals surface area contributed by atoms with Crippen molar-refractivity contribution in [1.82, 2.24) is 4.90 Å².